The van der Waals surface area contributed by atoms with E-state index in [0.717, 1.165) is 17.8 Å². The number of hydrogen-bond acceptors (Lipinski definition) is 7. The van der Waals surface area contributed by atoms with Gasteiger partial charge in [0.05, 0.1) is 12.5 Å². The third kappa shape index (κ3) is 4.28. The molecule has 0 aliphatic carbocycles. The third-order valence-electron chi connectivity index (χ3n) is 4.87. The van der Waals surface area contributed by atoms with Crippen LogP contribution >= 0.6 is 0 Å². The highest BCUT2D eigenvalue weighted by Gasteiger charge is 2.22. The van der Waals surface area contributed by atoms with Crippen molar-refractivity contribution in [1.29, 1.82) is 0 Å². The van der Waals surface area contributed by atoms with Crippen molar-refractivity contribution in [3.05, 3.63) is 34.6 Å². The van der Waals surface area contributed by atoms with Crippen molar-refractivity contribution in [3.8, 4) is 0 Å². The van der Waals surface area contributed by atoms with E-state index in [0.29, 0.717) is 37.1 Å². The first-order chi connectivity index (χ1) is 13.5. The monoisotopic (exact) mass is 388 g/mol. The van der Waals surface area contributed by atoms with Crippen LogP contribution in [0.15, 0.2) is 29.1 Å². The SMILES string of the molecule is COC(=O)N1CCN(CCNC(=O)C(C)n2nnc3ccccc3c2=O)CC1. The summed E-state index contributed by atoms with van der Waals surface area (Å²) in [6, 6.07) is 6.14. The number of aromatic nitrogens is 3. The van der Waals surface area contributed by atoms with Gasteiger partial charge in [-0.1, -0.05) is 17.3 Å². The molecule has 1 atom stereocenters. The van der Waals surface area contributed by atoms with Gasteiger partial charge < -0.3 is 15.0 Å². The van der Waals surface area contributed by atoms with Gasteiger partial charge >= 0.3 is 6.09 Å². The van der Waals surface area contributed by atoms with E-state index in [-0.39, 0.29) is 17.6 Å². The van der Waals surface area contributed by atoms with Crippen molar-refractivity contribution in [2.24, 2.45) is 0 Å². The normalized spacial score (nSPS) is 16.0. The maximum atomic E-state index is 12.5. The van der Waals surface area contributed by atoms with Crippen LogP contribution in [0, 0.1) is 0 Å². The standard InChI is InChI=1S/C18H24N6O4/c1-13(24-17(26)14-5-3-4-6-15(14)20-21-24)16(25)19-7-8-22-9-11-23(12-10-22)18(27)28-2/h3-6,13H,7-12H2,1-2H3,(H,19,25). The van der Waals surface area contributed by atoms with Crippen LogP contribution in [-0.2, 0) is 9.53 Å². The fourth-order valence-electron chi connectivity index (χ4n) is 3.13. The molecule has 0 radical (unpaired) electrons. The molecule has 0 saturated carbocycles. The molecule has 10 heteroatoms. The largest absolute Gasteiger partial charge is 0.453 e. The highest BCUT2D eigenvalue weighted by molar-refractivity contribution is 5.81. The fraction of sp³-hybridized carbons (Fsp3) is 0.500. The van der Waals surface area contributed by atoms with Crippen molar-refractivity contribution in [1.82, 2.24) is 30.1 Å². The van der Waals surface area contributed by atoms with Crippen LogP contribution in [0.3, 0.4) is 0 Å². The second-order valence-corrected chi connectivity index (χ2v) is 6.62. The smallest absolute Gasteiger partial charge is 0.409 e. The number of nitrogens with one attached hydrogen (secondary N) is 1. The van der Waals surface area contributed by atoms with E-state index in [9.17, 15) is 14.4 Å². The molecule has 10 nitrogen and oxygen atoms in total. The molecule has 150 valence electrons. The van der Waals surface area contributed by atoms with Gasteiger partial charge in [0.15, 0.2) is 0 Å². The molecule has 2 aromatic rings. The molecule has 2 amide bonds. The summed E-state index contributed by atoms with van der Waals surface area (Å²) in [7, 11) is 1.37. The number of nitrogens with zero attached hydrogens (tertiary/aromatic N) is 5. The van der Waals surface area contributed by atoms with Gasteiger partial charge in [-0.15, -0.1) is 5.10 Å². The van der Waals surface area contributed by atoms with Gasteiger partial charge in [-0.3, -0.25) is 14.5 Å². The Labute approximate surface area is 162 Å². The number of benzene rings is 1. The highest BCUT2D eigenvalue weighted by atomic mass is 16.5. The first-order valence-corrected chi connectivity index (χ1v) is 9.18. The van der Waals surface area contributed by atoms with Crippen molar-refractivity contribution < 1.29 is 14.3 Å². The Morgan fingerprint density at radius 3 is 2.64 bits per heavy atom. The summed E-state index contributed by atoms with van der Waals surface area (Å²) in [6.07, 6.45) is -0.316. The molecular formula is C18H24N6O4. The van der Waals surface area contributed by atoms with Crippen LogP contribution in [0.4, 0.5) is 4.79 Å². The van der Waals surface area contributed by atoms with Gasteiger partial charge in [0, 0.05) is 39.3 Å². The minimum absolute atomic E-state index is 0.292. The van der Waals surface area contributed by atoms with Crippen molar-refractivity contribution in [2.45, 2.75) is 13.0 Å². The van der Waals surface area contributed by atoms with E-state index in [1.165, 1.54) is 7.11 Å². The molecule has 1 N–H and O–H groups in total. The van der Waals surface area contributed by atoms with Gasteiger partial charge in [-0.25, -0.2) is 4.79 Å². The van der Waals surface area contributed by atoms with Gasteiger partial charge in [0.25, 0.3) is 5.56 Å². The second kappa shape index (κ2) is 8.79. The van der Waals surface area contributed by atoms with E-state index in [4.69, 9.17) is 4.74 Å². The summed E-state index contributed by atoms with van der Waals surface area (Å²) in [5, 5.41) is 11.2. The number of carbonyl (C=O) groups excluding carboxylic acids is 2. The lowest BCUT2D eigenvalue weighted by molar-refractivity contribution is -0.124. The number of amides is 2. The number of hydrogen-bond donors (Lipinski definition) is 1. The molecule has 1 unspecified atom stereocenters. The average Bonchev–Trinajstić information content (AvgIpc) is 2.73. The quantitative estimate of drug-likeness (QED) is 0.759. The molecule has 0 bridgehead atoms. The lowest BCUT2D eigenvalue weighted by atomic mass is 10.2. The van der Waals surface area contributed by atoms with E-state index >= 15 is 0 Å². The number of fused-ring (bicyclic) bond motifs is 1. The van der Waals surface area contributed by atoms with Crippen LogP contribution < -0.4 is 10.9 Å². The van der Waals surface area contributed by atoms with Crippen LogP contribution in [-0.4, -0.2) is 83.2 Å². The van der Waals surface area contributed by atoms with Crippen LogP contribution in [0.5, 0.6) is 0 Å². The van der Waals surface area contributed by atoms with E-state index in [2.05, 4.69) is 20.5 Å². The van der Waals surface area contributed by atoms with Crippen LogP contribution in [0.1, 0.15) is 13.0 Å². The minimum atomic E-state index is -0.763. The summed E-state index contributed by atoms with van der Waals surface area (Å²) >= 11 is 0. The van der Waals surface area contributed by atoms with E-state index in [1.807, 2.05) is 0 Å². The lowest BCUT2D eigenvalue weighted by Gasteiger charge is -2.33. The first kappa shape index (κ1) is 19.7. The van der Waals surface area contributed by atoms with Crippen LogP contribution in [0.25, 0.3) is 10.9 Å². The number of rotatable bonds is 5. The Bertz CT molecular complexity index is 906. The number of ether oxygens (including phenoxy) is 1. The molecule has 0 spiro atoms. The van der Waals surface area contributed by atoms with Gasteiger partial charge in [-0.2, -0.15) is 4.68 Å². The maximum absolute atomic E-state index is 12.5. The van der Waals surface area contributed by atoms with Gasteiger partial charge in [0.2, 0.25) is 5.91 Å². The zero-order chi connectivity index (χ0) is 20.1. The third-order valence-corrected chi connectivity index (χ3v) is 4.87. The maximum Gasteiger partial charge on any atom is 0.409 e. The zero-order valence-corrected chi connectivity index (χ0v) is 16.0. The van der Waals surface area contributed by atoms with Gasteiger partial charge in [0.1, 0.15) is 11.6 Å². The molecular weight excluding hydrogens is 364 g/mol. The van der Waals surface area contributed by atoms with Crippen molar-refractivity contribution in [2.75, 3.05) is 46.4 Å². The van der Waals surface area contributed by atoms with Gasteiger partial charge in [-0.05, 0) is 19.1 Å². The van der Waals surface area contributed by atoms with Crippen molar-refractivity contribution >= 4 is 22.9 Å². The number of carbonyl (C=O) groups is 2. The summed E-state index contributed by atoms with van der Waals surface area (Å²) in [5.74, 6) is -0.292. The number of methoxy groups -OCH3 is 1. The average molecular weight is 388 g/mol. The molecule has 1 aromatic heterocycles. The first-order valence-electron chi connectivity index (χ1n) is 9.18. The molecule has 28 heavy (non-hydrogen) atoms. The topological polar surface area (TPSA) is 110 Å². The lowest BCUT2D eigenvalue weighted by Crippen LogP contribution is -2.50. The van der Waals surface area contributed by atoms with Crippen LogP contribution in [0.2, 0.25) is 0 Å². The Balaban J connectivity index is 1.51. The fourth-order valence-corrected chi connectivity index (χ4v) is 3.13. The Hall–Kier alpha value is -3.01. The van der Waals surface area contributed by atoms with Crippen molar-refractivity contribution in [3.63, 3.8) is 0 Å². The Morgan fingerprint density at radius 2 is 1.93 bits per heavy atom. The summed E-state index contributed by atoms with van der Waals surface area (Å²) in [6.45, 7) is 5.35. The molecule has 1 fully saturated rings. The van der Waals surface area contributed by atoms with E-state index in [1.54, 1.807) is 36.1 Å². The molecule has 1 aliphatic rings. The number of piperazine rings is 1. The summed E-state index contributed by atoms with van der Waals surface area (Å²) < 4.78 is 5.82. The highest BCUT2D eigenvalue weighted by Crippen LogP contribution is 2.07. The minimum Gasteiger partial charge on any atom is -0.453 e. The molecule has 3 rings (SSSR count). The molecule has 1 aliphatic heterocycles. The molecule has 1 saturated heterocycles. The predicted octanol–water partition coefficient (Wildman–Crippen LogP) is -0.147. The predicted molar refractivity (Wildman–Crippen MR) is 102 cm³/mol. The second-order valence-electron chi connectivity index (χ2n) is 6.62. The van der Waals surface area contributed by atoms with E-state index < -0.39 is 6.04 Å². The zero-order valence-electron chi connectivity index (χ0n) is 16.0. The Kier molecular flexibility index (Phi) is 6.19. The summed E-state index contributed by atoms with van der Waals surface area (Å²) in [4.78, 5) is 40.3. The Morgan fingerprint density at radius 1 is 1.21 bits per heavy atom. The molecule has 2 heterocycles. The summed E-state index contributed by atoms with van der Waals surface area (Å²) in [5.41, 5.74) is 0.162. The molecule has 1 aromatic carbocycles.